The second kappa shape index (κ2) is 5.10. The van der Waals surface area contributed by atoms with Gasteiger partial charge in [-0.1, -0.05) is 16.8 Å². The fourth-order valence-corrected chi connectivity index (χ4v) is 3.08. The van der Waals surface area contributed by atoms with E-state index in [1.807, 2.05) is 0 Å². The predicted octanol–water partition coefficient (Wildman–Crippen LogP) is 2.45. The Balaban J connectivity index is 1.85. The molecule has 3 rings (SSSR count). The number of hydrogen-bond acceptors (Lipinski definition) is 6. The second-order valence-corrected chi connectivity index (χ2v) is 5.50. The maximum Gasteiger partial charge on any atom is 0.263 e. The summed E-state index contributed by atoms with van der Waals surface area (Å²) in [6.07, 6.45) is 1.21. The van der Waals surface area contributed by atoms with Crippen LogP contribution in [0.5, 0.6) is 0 Å². The molecule has 1 aromatic carbocycles. The third kappa shape index (κ3) is 2.33. The summed E-state index contributed by atoms with van der Waals surface area (Å²) in [6.45, 7) is 0.184. The van der Waals surface area contributed by atoms with Gasteiger partial charge in [0.15, 0.2) is 5.82 Å². The molecule has 3 N–H and O–H groups in total. The van der Waals surface area contributed by atoms with Gasteiger partial charge in [0.25, 0.3) is 5.91 Å². The van der Waals surface area contributed by atoms with E-state index in [0.717, 1.165) is 10.1 Å². The van der Waals surface area contributed by atoms with Crippen molar-refractivity contribution in [2.75, 3.05) is 5.73 Å². The molecule has 0 unspecified atom stereocenters. The molecule has 3 aromatic rings. The van der Waals surface area contributed by atoms with Gasteiger partial charge in [-0.05, 0) is 18.2 Å². The first kappa shape index (κ1) is 12.9. The van der Waals surface area contributed by atoms with Crippen LogP contribution in [0.4, 0.5) is 5.69 Å². The molecule has 0 atom stereocenters. The maximum atomic E-state index is 12.1. The molecule has 0 bridgehead atoms. The molecular weight excluding hydrogens is 300 g/mol. The Labute approximate surface area is 122 Å². The van der Waals surface area contributed by atoms with Crippen molar-refractivity contribution in [1.29, 1.82) is 0 Å². The fraction of sp³-hybridized carbons (Fsp3) is 0.0833. The number of fused-ring (bicyclic) bond motifs is 1. The molecule has 6 nitrogen and oxygen atoms in total. The lowest BCUT2D eigenvalue weighted by Gasteiger charge is -2.00. The minimum atomic E-state index is -0.273. The topological polar surface area (TPSA) is 94.0 Å². The molecule has 1 amide bonds. The molecule has 102 valence electrons. The maximum absolute atomic E-state index is 12.1. The second-order valence-electron chi connectivity index (χ2n) is 4.02. The molecule has 0 aliphatic heterocycles. The summed E-state index contributed by atoms with van der Waals surface area (Å²) in [4.78, 5) is 16.4. The minimum absolute atomic E-state index is 0.184. The highest BCUT2D eigenvalue weighted by Gasteiger charge is 2.16. The lowest BCUT2D eigenvalue weighted by atomic mass is 10.2. The SMILES string of the molecule is Nc1c(C(=O)NCc2ncon2)sc2cc(Cl)ccc12. The number of benzene rings is 1. The van der Waals surface area contributed by atoms with Crippen molar-refractivity contribution < 1.29 is 9.32 Å². The first-order valence-corrected chi connectivity index (χ1v) is 6.85. The van der Waals surface area contributed by atoms with Crippen LogP contribution >= 0.6 is 22.9 Å². The molecule has 0 fully saturated rings. The minimum Gasteiger partial charge on any atom is -0.397 e. The Morgan fingerprint density at radius 1 is 1.50 bits per heavy atom. The van der Waals surface area contributed by atoms with Crippen LogP contribution in [-0.2, 0) is 6.54 Å². The van der Waals surface area contributed by atoms with Gasteiger partial charge in [-0.2, -0.15) is 4.98 Å². The number of amides is 1. The van der Waals surface area contributed by atoms with Gasteiger partial charge in [0.2, 0.25) is 6.39 Å². The molecule has 8 heteroatoms. The van der Waals surface area contributed by atoms with Crippen LogP contribution in [0.3, 0.4) is 0 Å². The largest absolute Gasteiger partial charge is 0.397 e. The summed E-state index contributed by atoms with van der Waals surface area (Å²) in [7, 11) is 0. The van der Waals surface area contributed by atoms with Crippen molar-refractivity contribution in [3.8, 4) is 0 Å². The monoisotopic (exact) mass is 308 g/mol. The van der Waals surface area contributed by atoms with Gasteiger partial charge in [0, 0.05) is 15.1 Å². The number of anilines is 1. The number of hydrogen-bond donors (Lipinski definition) is 2. The smallest absolute Gasteiger partial charge is 0.263 e. The molecule has 2 aromatic heterocycles. The van der Waals surface area contributed by atoms with Crippen LogP contribution < -0.4 is 11.1 Å². The molecule has 20 heavy (non-hydrogen) atoms. The van der Waals surface area contributed by atoms with Crippen molar-refractivity contribution in [3.05, 3.63) is 40.3 Å². The third-order valence-electron chi connectivity index (χ3n) is 2.71. The highest BCUT2D eigenvalue weighted by atomic mass is 35.5. The van der Waals surface area contributed by atoms with Crippen molar-refractivity contribution in [3.63, 3.8) is 0 Å². The van der Waals surface area contributed by atoms with E-state index in [1.54, 1.807) is 18.2 Å². The van der Waals surface area contributed by atoms with Gasteiger partial charge in [-0.3, -0.25) is 4.79 Å². The molecular formula is C12H9ClN4O2S. The van der Waals surface area contributed by atoms with Gasteiger partial charge in [-0.25, -0.2) is 0 Å². The first-order chi connectivity index (χ1) is 9.65. The van der Waals surface area contributed by atoms with Crippen LogP contribution in [0.1, 0.15) is 15.5 Å². The van der Waals surface area contributed by atoms with Crippen molar-refractivity contribution in [1.82, 2.24) is 15.5 Å². The van der Waals surface area contributed by atoms with Gasteiger partial charge >= 0.3 is 0 Å². The predicted molar refractivity (Wildman–Crippen MR) is 76.7 cm³/mol. The molecule has 0 radical (unpaired) electrons. The zero-order chi connectivity index (χ0) is 14.1. The third-order valence-corrected chi connectivity index (χ3v) is 4.11. The van der Waals surface area contributed by atoms with Crippen LogP contribution in [0.2, 0.25) is 5.02 Å². The van der Waals surface area contributed by atoms with E-state index < -0.39 is 0 Å². The van der Waals surface area contributed by atoms with E-state index in [2.05, 4.69) is 20.0 Å². The summed E-state index contributed by atoms with van der Waals surface area (Å²) in [5.41, 5.74) is 6.45. The van der Waals surface area contributed by atoms with Gasteiger partial charge in [-0.15, -0.1) is 11.3 Å². The number of nitrogens with one attached hydrogen (secondary N) is 1. The number of thiophene rings is 1. The number of nitrogens with zero attached hydrogens (tertiary/aromatic N) is 2. The van der Waals surface area contributed by atoms with Crippen molar-refractivity contribution >= 4 is 44.6 Å². The van der Waals surface area contributed by atoms with Gasteiger partial charge in [0.05, 0.1) is 12.2 Å². The van der Waals surface area contributed by atoms with E-state index in [0.29, 0.717) is 21.4 Å². The lowest BCUT2D eigenvalue weighted by Crippen LogP contribution is -2.23. The molecule has 0 aliphatic carbocycles. The number of rotatable bonds is 3. The van der Waals surface area contributed by atoms with Crippen molar-refractivity contribution in [2.45, 2.75) is 6.54 Å². The number of nitrogens with two attached hydrogens (primary N) is 1. The van der Waals surface area contributed by atoms with Crippen molar-refractivity contribution in [2.24, 2.45) is 0 Å². The summed E-state index contributed by atoms with van der Waals surface area (Å²) in [5, 5.41) is 7.74. The molecule has 0 aliphatic rings. The number of carbonyl (C=O) groups is 1. The number of nitrogen functional groups attached to an aromatic ring is 1. The van der Waals surface area contributed by atoms with Crippen LogP contribution in [-0.4, -0.2) is 16.0 Å². The summed E-state index contributed by atoms with van der Waals surface area (Å²) in [6, 6.07) is 5.33. The average molecular weight is 309 g/mol. The highest BCUT2D eigenvalue weighted by molar-refractivity contribution is 7.21. The van der Waals surface area contributed by atoms with E-state index in [9.17, 15) is 4.79 Å². The zero-order valence-corrected chi connectivity index (χ0v) is 11.7. The summed E-state index contributed by atoms with van der Waals surface area (Å²) >= 11 is 7.22. The molecule has 0 spiro atoms. The Kier molecular flexibility index (Phi) is 3.29. The van der Waals surface area contributed by atoms with Crippen LogP contribution in [0.25, 0.3) is 10.1 Å². The van der Waals surface area contributed by atoms with E-state index in [1.165, 1.54) is 17.7 Å². The molecule has 0 saturated carbocycles. The standard InChI is InChI=1S/C12H9ClN4O2S/c13-6-1-2-7-8(3-6)20-11(10(7)14)12(18)15-4-9-16-5-19-17-9/h1-3,5H,4,14H2,(H,15,18). The summed E-state index contributed by atoms with van der Waals surface area (Å²) in [5.74, 6) is 0.130. The lowest BCUT2D eigenvalue weighted by molar-refractivity contribution is 0.0954. The normalized spacial score (nSPS) is 10.8. The Morgan fingerprint density at radius 2 is 2.35 bits per heavy atom. The van der Waals surface area contributed by atoms with E-state index in [-0.39, 0.29) is 12.5 Å². The molecule has 2 heterocycles. The Hall–Kier alpha value is -2.12. The molecule has 0 saturated heterocycles. The van der Waals surface area contributed by atoms with Crippen LogP contribution in [0.15, 0.2) is 29.1 Å². The van der Waals surface area contributed by atoms with E-state index in [4.69, 9.17) is 17.3 Å². The highest BCUT2D eigenvalue weighted by Crippen LogP contribution is 2.35. The number of aromatic nitrogens is 2. The van der Waals surface area contributed by atoms with Crippen LogP contribution in [0, 0.1) is 0 Å². The zero-order valence-electron chi connectivity index (χ0n) is 10.1. The number of halogens is 1. The Morgan fingerprint density at radius 3 is 3.10 bits per heavy atom. The first-order valence-electron chi connectivity index (χ1n) is 5.66. The Bertz CT molecular complexity index is 769. The van der Waals surface area contributed by atoms with E-state index >= 15 is 0 Å². The average Bonchev–Trinajstić information content (AvgIpc) is 3.04. The quantitative estimate of drug-likeness (QED) is 0.775. The summed E-state index contributed by atoms with van der Waals surface area (Å²) < 4.78 is 5.46. The fourth-order valence-electron chi connectivity index (χ4n) is 1.77. The van der Waals surface area contributed by atoms with Gasteiger partial charge in [0.1, 0.15) is 4.88 Å². The number of carbonyl (C=O) groups excluding carboxylic acids is 1. The van der Waals surface area contributed by atoms with Gasteiger partial charge < -0.3 is 15.6 Å².